The average Bonchev–Trinajstić information content (AvgIpc) is 2.91. The van der Waals surface area contributed by atoms with Gasteiger partial charge in [0, 0.05) is 31.4 Å². The predicted octanol–water partition coefficient (Wildman–Crippen LogP) is 2.37. The topological polar surface area (TPSA) is 53.4 Å². The molecule has 1 aromatic heterocycles. The van der Waals surface area contributed by atoms with Gasteiger partial charge in [0.05, 0.1) is 17.1 Å². The minimum absolute atomic E-state index is 0.0214. The lowest BCUT2D eigenvalue weighted by Gasteiger charge is -2.28. The maximum Gasteiger partial charge on any atom is 0.309 e. The SMILES string of the molecule is O=C(O)Cc1csc(CCN2CCc3ccccc3C2)n1. The van der Waals surface area contributed by atoms with Crippen LogP contribution in [0.4, 0.5) is 0 Å². The number of carbonyl (C=O) groups is 1. The summed E-state index contributed by atoms with van der Waals surface area (Å²) in [4.78, 5) is 17.5. The molecule has 21 heavy (non-hydrogen) atoms. The minimum Gasteiger partial charge on any atom is -0.481 e. The van der Waals surface area contributed by atoms with Crippen molar-refractivity contribution in [1.82, 2.24) is 9.88 Å². The van der Waals surface area contributed by atoms with Crippen molar-refractivity contribution in [3.8, 4) is 0 Å². The molecule has 0 aliphatic carbocycles. The summed E-state index contributed by atoms with van der Waals surface area (Å²) in [7, 11) is 0. The third-order valence-electron chi connectivity index (χ3n) is 3.78. The van der Waals surface area contributed by atoms with Gasteiger partial charge in [-0.3, -0.25) is 9.69 Å². The summed E-state index contributed by atoms with van der Waals surface area (Å²) in [6.45, 7) is 3.07. The van der Waals surface area contributed by atoms with Crippen LogP contribution in [0.25, 0.3) is 0 Å². The number of aliphatic carboxylic acids is 1. The number of thiazole rings is 1. The highest BCUT2D eigenvalue weighted by atomic mass is 32.1. The Morgan fingerprint density at radius 1 is 1.33 bits per heavy atom. The van der Waals surface area contributed by atoms with Crippen LogP contribution >= 0.6 is 11.3 Å². The summed E-state index contributed by atoms with van der Waals surface area (Å²) in [5.74, 6) is -0.820. The number of fused-ring (bicyclic) bond motifs is 1. The van der Waals surface area contributed by atoms with Crippen molar-refractivity contribution < 1.29 is 9.90 Å². The quantitative estimate of drug-likeness (QED) is 0.921. The molecule has 0 saturated carbocycles. The molecule has 1 aliphatic heterocycles. The maximum absolute atomic E-state index is 10.7. The number of hydrogen-bond donors (Lipinski definition) is 1. The highest BCUT2D eigenvalue weighted by molar-refractivity contribution is 7.09. The van der Waals surface area contributed by atoms with Crippen LogP contribution in [0.3, 0.4) is 0 Å². The zero-order valence-electron chi connectivity index (χ0n) is 11.8. The fraction of sp³-hybridized carbons (Fsp3) is 0.375. The van der Waals surface area contributed by atoms with Crippen LogP contribution < -0.4 is 0 Å². The second-order valence-electron chi connectivity index (χ2n) is 5.35. The van der Waals surface area contributed by atoms with Gasteiger partial charge in [-0.1, -0.05) is 24.3 Å². The van der Waals surface area contributed by atoms with E-state index in [0.29, 0.717) is 5.69 Å². The second kappa shape index (κ2) is 6.37. The number of rotatable bonds is 5. The number of nitrogens with zero attached hydrogens (tertiary/aromatic N) is 2. The van der Waals surface area contributed by atoms with Crippen LogP contribution in [-0.2, 0) is 30.6 Å². The third kappa shape index (κ3) is 3.68. The fourth-order valence-corrected chi connectivity index (χ4v) is 3.49. The van der Waals surface area contributed by atoms with Crippen molar-refractivity contribution in [2.45, 2.75) is 25.8 Å². The molecule has 1 aliphatic rings. The zero-order valence-corrected chi connectivity index (χ0v) is 12.6. The zero-order chi connectivity index (χ0) is 14.7. The first-order chi connectivity index (χ1) is 10.2. The maximum atomic E-state index is 10.7. The average molecular weight is 302 g/mol. The van der Waals surface area contributed by atoms with Gasteiger partial charge in [0.1, 0.15) is 0 Å². The Morgan fingerprint density at radius 2 is 2.14 bits per heavy atom. The molecule has 1 N–H and O–H groups in total. The Morgan fingerprint density at radius 3 is 2.95 bits per heavy atom. The monoisotopic (exact) mass is 302 g/mol. The van der Waals surface area contributed by atoms with Gasteiger partial charge in [0.15, 0.2) is 0 Å². The molecule has 3 rings (SSSR count). The van der Waals surface area contributed by atoms with Gasteiger partial charge in [0.25, 0.3) is 0 Å². The summed E-state index contributed by atoms with van der Waals surface area (Å²) in [5.41, 5.74) is 3.56. The van der Waals surface area contributed by atoms with Gasteiger partial charge >= 0.3 is 5.97 Å². The van der Waals surface area contributed by atoms with E-state index in [-0.39, 0.29) is 6.42 Å². The Hall–Kier alpha value is -1.72. The van der Waals surface area contributed by atoms with E-state index in [9.17, 15) is 4.79 Å². The van der Waals surface area contributed by atoms with Gasteiger partial charge in [-0.25, -0.2) is 4.98 Å². The standard InChI is InChI=1S/C16H18N2O2S/c19-16(20)9-14-11-21-15(17-14)6-8-18-7-5-12-3-1-2-4-13(12)10-18/h1-4,11H,5-10H2,(H,19,20). The van der Waals surface area contributed by atoms with Crippen LogP contribution in [0.2, 0.25) is 0 Å². The lowest BCUT2D eigenvalue weighted by atomic mass is 10.00. The highest BCUT2D eigenvalue weighted by Gasteiger charge is 2.16. The van der Waals surface area contributed by atoms with E-state index >= 15 is 0 Å². The van der Waals surface area contributed by atoms with Gasteiger partial charge in [-0.15, -0.1) is 11.3 Å². The van der Waals surface area contributed by atoms with Crippen molar-refractivity contribution in [1.29, 1.82) is 0 Å². The van der Waals surface area contributed by atoms with Crippen molar-refractivity contribution in [2.24, 2.45) is 0 Å². The molecule has 110 valence electrons. The number of hydrogen-bond acceptors (Lipinski definition) is 4. The predicted molar refractivity (Wildman–Crippen MR) is 82.6 cm³/mol. The van der Waals surface area contributed by atoms with Gasteiger partial charge in [0.2, 0.25) is 0 Å². The Labute approximate surface area is 128 Å². The number of benzene rings is 1. The highest BCUT2D eigenvalue weighted by Crippen LogP contribution is 2.19. The molecule has 0 bridgehead atoms. The molecule has 2 heterocycles. The van der Waals surface area contributed by atoms with Crippen LogP contribution in [-0.4, -0.2) is 34.0 Å². The molecule has 0 saturated heterocycles. The third-order valence-corrected chi connectivity index (χ3v) is 4.74. The van der Waals surface area contributed by atoms with Gasteiger partial charge in [-0.2, -0.15) is 0 Å². The van der Waals surface area contributed by atoms with Crippen LogP contribution in [0, 0.1) is 0 Å². The molecule has 0 spiro atoms. The number of carboxylic acid groups (broad SMARTS) is 1. The van der Waals surface area contributed by atoms with E-state index in [0.717, 1.165) is 37.5 Å². The van der Waals surface area contributed by atoms with Crippen molar-refractivity contribution in [3.63, 3.8) is 0 Å². The molecule has 1 aromatic carbocycles. The van der Waals surface area contributed by atoms with Crippen LogP contribution in [0.1, 0.15) is 21.8 Å². The first kappa shape index (κ1) is 14.2. The Kier molecular flexibility index (Phi) is 4.31. The summed E-state index contributed by atoms with van der Waals surface area (Å²) in [5, 5.41) is 11.6. The lowest BCUT2D eigenvalue weighted by Crippen LogP contribution is -2.32. The Balaban J connectivity index is 1.54. The summed E-state index contributed by atoms with van der Waals surface area (Å²) in [6, 6.07) is 8.62. The molecular weight excluding hydrogens is 284 g/mol. The molecule has 0 unspecified atom stereocenters. The van der Waals surface area contributed by atoms with E-state index in [1.165, 1.54) is 11.1 Å². The van der Waals surface area contributed by atoms with Crippen LogP contribution in [0.15, 0.2) is 29.6 Å². The first-order valence-electron chi connectivity index (χ1n) is 7.15. The van der Waals surface area contributed by atoms with E-state index in [2.05, 4.69) is 34.1 Å². The molecule has 0 amide bonds. The molecule has 4 nitrogen and oxygen atoms in total. The molecule has 2 aromatic rings. The minimum atomic E-state index is -0.820. The molecule has 0 atom stereocenters. The number of aromatic nitrogens is 1. The number of carboxylic acids is 1. The summed E-state index contributed by atoms with van der Waals surface area (Å²) < 4.78 is 0. The molecule has 0 fully saturated rings. The Bertz CT molecular complexity index is 639. The van der Waals surface area contributed by atoms with E-state index in [4.69, 9.17) is 5.11 Å². The fourth-order valence-electron chi connectivity index (χ4n) is 2.70. The molecular formula is C16H18N2O2S. The van der Waals surface area contributed by atoms with Crippen molar-refractivity contribution in [3.05, 3.63) is 51.5 Å². The van der Waals surface area contributed by atoms with E-state index in [1.54, 1.807) is 11.3 Å². The van der Waals surface area contributed by atoms with Crippen LogP contribution in [0.5, 0.6) is 0 Å². The van der Waals surface area contributed by atoms with Crippen molar-refractivity contribution in [2.75, 3.05) is 13.1 Å². The molecule has 5 heteroatoms. The van der Waals surface area contributed by atoms with Crippen molar-refractivity contribution >= 4 is 17.3 Å². The summed E-state index contributed by atoms with van der Waals surface area (Å²) in [6.07, 6.45) is 2.03. The second-order valence-corrected chi connectivity index (χ2v) is 6.29. The van der Waals surface area contributed by atoms with Gasteiger partial charge < -0.3 is 5.11 Å². The normalized spacial score (nSPS) is 14.9. The smallest absolute Gasteiger partial charge is 0.309 e. The summed E-state index contributed by atoms with van der Waals surface area (Å²) >= 11 is 1.56. The molecule has 0 radical (unpaired) electrons. The lowest BCUT2D eigenvalue weighted by molar-refractivity contribution is -0.136. The van der Waals surface area contributed by atoms with E-state index in [1.807, 2.05) is 5.38 Å². The van der Waals surface area contributed by atoms with E-state index < -0.39 is 5.97 Å². The van der Waals surface area contributed by atoms with Gasteiger partial charge in [-0.05, 0) is 17.5 Å². The largest absolute Gasteiger partial charge is 0.481 e. The first-order valence-corrected chi connectivity index (χ1v) is 8.03.